The lowest BCUT2D eigenvalue weighted by atomic mass is 10.1. The van der Waals surface area contributed by atoms with E-state index >= 15 is 0 Å². The highest BCUT2D eigenvalue weighted by atomic mass is 32.2. The van der Waals surface area contributed by atoms with Crippen LogP contribution in [0.15, 0.2) is 23.1 Å². The summed E-state index contributed by atoms with van der Waals surface area (Å²) in [6, 6.07) is 4.86. The summed E-state index contributed by atoms with van der Waals surface area (Å²) in [5, 5.41) is 0. The number of nitrogens with zero attached hydrogens (tertiary/aromatic N) is 1. The Bertz CT molecular complexity index is 527. The van der Waals surface area contributed by atoms with E-state index in [2.05, 4.69) is 30.4 Å². The molecule has 0 aliphatic heterocycles. The van der Waals surface area contributed by atoms with E-state index in [-0.39, 0.29) is 4.90 Å². The van der Waals surface area contributed by atoms with E-state index in [0.717, 1.165) is 18.8 Å². The molecule has 6 heteroatoms. The van der Waals surface area contributed by atoms with Gasteiger partial charge in [0.15, 0.2) is 0 Å². The molecule has 0 radical (unpaired) electrons. The first-order valence-electron chi connectivity index (χ1n) is 6.39. The Labute approximate surface area is 115 Å². The molecule has 0 bridgehead atoms. The van der Waals surface area contributed by atoms with E-state index in [0.29, 0.717) is 11.6 Å². The third-order valence-corrected chi connectivity index (χ3v) is 4.30. The number of rotatable bonds is 6. The highest BCUT2D eigenvalue weighted by Gasteiger charge is 2.15. The van der Waals surface area contributed by atoms with Crippen LogP contribution in [0.1, 0.15) is 20.8 Å². The van der Waals surface area contributed by atoms with Gasteiger partial charge in [-0.05, 0) is 38.1 Å². The highest BCUT2D eigenvalue weighted by molar-refractivity contribution is 7.89. The van der Waals surface area contributed by atoms with E-state index in [9.17, 15) is 8.42 Å². The molecule has 0 heterocycles. The third kappa shape index (κ3) is 3.84. The van der Waals surface area contributed by atoms with Crippen molar-refractivity contribution in [1.82, 2.24) is 4.72 Å². The summed E-state index contributed by atoms with van der Waals surface area (Å²) in [5.74, 6) is 0.514. The van der Waals surface area contributed by atoms with E-state index < -0.39 is 10.0 Å². The van der Waals surface area contributed by atoms with Crippen molar-refractivity contribution in [1.29, 1.82) is 0 Å². The highest BCUT2D eigenvalue weighted by Crippen LogP contribution is 2.26. The number of nitrogens with two attached hydrogens (primary N) is 1. The molecule has 3 N–H and O–H groups in total. The van der Waals surface area contributed by atoms with Crippen LogP contribution in [0, 0.1) is 5.92 Å². The minimum atomic E-state index is -3.44. The maximum absolute atomic E-state index is 11.7. The molecule has 108 valence electrons. The van der Waals surface area contributed by atoms with Crippen LogP contribution >= 0.6 is 0 Å². The fourth-order valence-electron chi connectivity index (χ4n) is 1.94. The molecular weight excluding hydrogens is 262 g/mol. The average Bonchev–Trinajstić information content (AvgIpc) is 2.36. The molecule has 1 rings (SSSR count). The molecule has 0 aliphatic rings. The molecule has 1 aromatic rings. The number of hydrogen-bond acceptors (Lipinski definition) is 4. The molecular formula is C13H23N3O2S. The second-order valence-electron chi connectivity index (χ2n) is 4.86. The maximum atomic E-state index is 11.7. The van der Waals surface area contributed by atoms with E-state index in [1.165, 1.54) is 13.1 Å². The number of nitrogens with one attached hydrogen (secondary N) is 1. The molecule has 0 unspecified atom stereocenters. The van der Waals surface area contributed by atoms with Crippen molar-refractivity contribution >= 4 is 21.4 Å². The number of hydrogen-bond donors (Lipinski definition) is 2. The summed E-state index contributed by atoms with van der Waals surface area (Å²) in [5.41, 5.74) is 7.36. The van der Waals surface area contributed by atoms with Gasteiger partial charge in [-0.25, -0.2) is 13.1 Å². The first-order valence-corrected chi connectivity index (χ1v) is 7.88. The molecule has 0 spiro atoms. The second kappa shape index (κ2) is 6.25. The molecule has 0 atom stereocenters. The van der Waals surface area contributed by atoms with Crippen LogP contribution in [-0.2, 0) is 10.0 Å². The van der Waals surface area contributed by atoms with Crippen LogP contribution < -0.4 is 15.4 Å². The molecule has 19 heavy (non-hydrogen) atoms. The summed E-state index contributed by atoms with van der Waals surface area (Å²) < 4.78 is 25.7. The molecule has 0 saturated carbocycles. The zero-order chi connectivity index (χ0) is 14.6. The van der Waals surface area contributed by atoms with Gasteiger partial charge in [0.05, 0.1) is 16.3 Å². The largest absolute Gasteiger partial charge is 0.397 e. The molecule has 1 aromatic carbocycles. The van der Waals surface area contributed by atoms with Gasteiger partial charge in [0, 0.05) is 13.1 Å². The Morgan fingerprint density at radius 1 is 1.37 bits per heavy atom. The first-order chi connectivity index (χ1) is 8.81. The predicted octanol–water partition coefficient (Wildman–Crippen LogP) is 1.66. The molecule has 0 amide bonds. The standard InChI is InChI=1S/C13H23N3O2S/c1-5-16(9-10(2)3)13-7-6-11(8-12(13)14)19(17,18)15-4/h6-8,10,15H,5,9,14H2,1-4H3. The number of benzene rings is 1. The van der Waals surface area contributed by atoms with Gasteiger partial charge in [-0.3, -0.25) is 0 Å². The molecule has 5 nitrogen and oxygen atoms in total. The van der Waals surface area contributed by atoms with Crippen LogP contribution in [0.3, 0.4) is 0 Å². The van der Waals surface area contributed by atoms with Gasteiger partial charge in [-0.15, -0.1) is 0 Å². The minimum absolute atomic E-state index is 0.192. The quantitative estimate of drug-likeness (QED) is 0.779. The zero-order valence-corrected chi connectivity index (χ0v) is 12.8. The van der Waals surface area contributed by atoms with E-state index in [4.69, 9.17) is 5.73 Å². The summed E-state index contributed by atoms with van der Waals surface area (Å²) in [6.45, 7) is 8.05. The summed E-state index contributed by atoms with van der Waals surface area (Å²) >= 11 is 0. The van der Waals surface area contributed by atoms with Gasteiger partial charge in [0.25, 0.3) is 0 Å². The van der Waals surface area contributed by atoms with Gasteiger partial charge in [0.2, 0.25) is 10.0 Å². The third-order valence-electron chi connectivity index (χ3n) is 2.89. The molecule has 0 fully saturated rings. The van der Waals surface area contributed by atoms with Crippen LogP contribution in [-0.4, -0.2) is 28.6 Å². The van der Waals surface area contributed by atoms with Crippen molar-refractivity contribution in [2.45, 2.75) is 25.7 Å². The Hall–Kier alpha value is -1.27. The average molecular weight is 285 g/mol. The lowest BCUT2D eigenvalue weighted by Crippen LogP contribution is -2.28. The Kier molecular flexibility index (Phi) is 5.20. The fraction of sp³-hybridized carbons (Fsp3) is 0.538. The number of sulfonamides is 1. The number of nitrogen functional groups attached to an aromatic ring is 1. The zero-order valence-electron chi connectivity index (χ0n) is 12.0. The molecule has 0 aliphatic carbocycles. The number of anilines is 2. The first kappa shape index (κ1) is 15.8. The van der Waals surface area contributed by atoms with Gasteiger partial charge in [-0.1, -0.05) is 13.8 Å². The summed E-state index contributed by atoms with van der Waals surface area (Å²) in [7, 11) is -2.06. The lowest BCUT2D eigenvalue weighted by molar-refractivity contribution is 0.588. The fourth-order valence-corrected chi connectivity index (χ4v) is 2.71. The van der Waals surface area contributed by atoms with Crippen molar-refractivity contribution in [3.05, 3.63) is 18.2 Å². The summed E-state index contributed by atoms with van der Waals surface area (Å²) in [6.07, 6.45) is 0. The normalized spacial score (nSPS) is 11.8. The lowest BCUT2D eigenvalue weighted by Gasteiger charge is -2.26. The molecule has 0 saturated heterocycles. The smallest absolute Gasteiger partial charge is 0.240 e. The van der Waals surface area contributed by atoms with E-state index in [1.807, 2.05) is 0 Å². The van der Waals surface area contributed by atoms with Gasteiger partial charge in [0.1, 0.15) is 0 Å². The van der Waals surface area contributed by atoms with Crippen molar-refractivity contribution in [2.75, 3.05) is 30.8 Å². The van der Waals surface area contributed by atoms with Gasteiger partial charge in [-0.2, -0.15) is 0 Å². The van der Waals surface area contributed by atoms with Gasteiger partial charge < -0.3 is 10.6 Å². The maximum Gasteiger partial charge on any atom is 0.240 e. The Balaban J connectivity index is 3.13. The topological polar surface area (TPSA) is 75.4 Å². The van der Waals surface area contributed by atoms with Crippen molar-refractivity contribution in [2.24, 2.45) is 5.92 Å². The molecule has 0 aromatic heterocycles. The van der Waals surface area contributed by atoms with Crippen LogP contribution in [0.5, 0.6) is 0 Å². The van der Waals surface area contributed by atoms with Crippen LogP contribution in [0.25, 0.3) is 0 Å². The Morgan fingerprint density at radius 3 is 2.42 bits per heavy atom. The van der Waals surface area contributed by atoms with Gasteiger partial charge >= 0.3 is 0 Å². The van der Waals surface area contributed by atoms with Crippen LogP contribution in [0.4, 0.5) is 11.4 Å². The van der Waals surface area contributed by atoms with Crippen molar-refractivity contribution < 1.29 is 8.42 Å². The summed E-state index contributed by atoms with van der Waals surface area (Å²) in [4.78, 5) is 2.34. The predicted molar refractivity (Wildman–Crippen MR) is 79.8 cm³/mol. The Morgan fingerprint density at radius 2 is 2.00 bits per heavy atom. The second-order valence-corrected chi connectivity index (χ2v) is 6.75. The van der Waals surface area contributed by atoms with Crippen molar-refractivity contribution in [3.63, 3.8) is 0 Å². The van der Waals surface area contributed by atoms with Crippen LogP contribution in [0.2, 0.25) is 0 Å². The monoisotopic (exact) mass is 285 g/mol. The SMILES string of the molecule is CCN(CC(C)C)c1ccc(S(=O)(=O)NC)cc1N. The van der Waals surface area contributed by atoms with E-state index in [1.54, 1.807) is 12.1 Å². The van der Waals surface area contributed by atoms with Crippen molar-refractivity contribution in [3.8, 4) is 0 Å². The minimum Gasteiger partial charge on any atom is -0.397 e.